The molecule has 4 nitrogen and oxygen atoms in total. The Bertz CT molecular complexity index is 1410. The van der Waals surface area contributed by atoms with Crippen LogP contribution in [-0.4, -0.2) is 17.9 Å². The molecule has 0 heterocycles. The summed E-state index contributed by atoms with van der Waals surface area (Å²) in [5, 5.41) is 5.16. The van der Waals surface area contributed by atoms with Crippen LogP contribution in [0.25, 0.3) is 10.8 Å². The van der Waals surface area contributed by atoms with Crippen molar-refractivity contribution >= 4 is 22.6 Å². The van der Waals surface area contributed by atoms with E-state index in [4.69, 9.17) is 5.73 Å². The molecule has 0 aromatic heterocycles. The molecule has 5 aromatic carbocycles. The average molecular weight is 485 g/mol. The summed E-state index contributed by atoms with van der Waals surface area (Å²) < 4.78 is 0. The zero-order chi connectivity index (χ0) is 25.7. The Kier molecular flexibility index (Phi) is 6.82. The number of rotatable bonds is 8. The third-order valence-corrected chi connectivity index (χ3v) is 6.91. The molecule has 0 radical (unpaired) electrons. The first-order chi connectivity index (χ1) is 18.1. The molecule has 0 saturated heterocycles. The molecule has 0 spiro atoms. The maximum Gasteiger partial charge on any atom is 0.240 e. The van der Waals surface area contributed by atoms with E-state index in [9.17, 15) is 9.59 Å². The van der Waals surface area contributed by atoms with Crippen LogP contribution >= 0.6 is 0 Å². The molecule has 2 amide bonds. The van der Waals surface area contributed by atoms with Crippen molar-refractivity contribution in [2.24, 2.45) is 5.73 Å². The molecule has 0 aliphatic rings. The van der Waals surface area contributed by atoms with Crippen molar-refractivity contribution < 1.29 is 9.59 Å². The third-order valence-electron chi connectivity index (χ3n) is 6.91. The van der Waals surface area contributed by atoms with Crippen molar-refractivity contribution in [2.45, 2.75) is 17.9 Å². The van der Waals surface area contributed by atoms with Crippen LogP contribution in [0.1, 0.15) is 22.3 Å². The SMILES string of the molecule is NC(=O)[C@@H](Cc1cccc2ccccc12)NC(=O)C(c1ccccc1)(c1ccccc1)c1ccccc1. The Hall–Kier alpha value is -4.70. The van der Waals surface area contributed by atoms with E-state index in [0.717, 1.165) is 33.0 Å². The summed E-state index contributed by atoms with van der Waals surface area (Å²) in [6.07, 6.45) is 0.289. The highest BCUT2D eigenvalue weighted by Gasteiger charge is 2.44. The zero-order valence-corrected chi connectivity index (χ0v) is 20.4. The highest BCUT2D eigenvalue weighted by Crippen LogP contribution is 2.39. The van der Waals surface area contributed by atoms with Crippen molar-refractivity contribution in [3.05, 3.63) is 156 Å². The number of hydrogen-bond donors (Lipinski definition) is 2. The van der Waals surface area contributed by atoms with E-state index in [1.807, 2.05) is 133 Å². The lowest BCUT2D eigenvalue weighted by Gasteiger charge is -2.35. The van der Waals surface area contributed by atoms with Gasteiger partial charge in [0.05, 0.1) is 0 Å². The first kappa shape index (κ1) is 24.0. The van der Waals surface area contributed by atoms with E-state index in [-0.39, 0.29) is 12.3 Å². The molecular weight excluding hydrogens is 456 g/mol. The molecular formula is C33H28N2O2. The van der Waals surface area contributed by atoms with Gasteiger partial charge in [0.1, 0.15) is 11.5 Å². The number of hydrogen-bond acceptors (Lipinski definition) is 2. The predicted molar refractivity (Wildman–Crippen MR) is 148 cm³/mol. The summed E-state index contributed by atoms with van der Waals surface area (Å²) in [5.74, 6) is -0.885. The molecule has 3 N–H and O–H groups in total. The fraction of sp³-hybridized carbons (Fsp3) is 0.0909. The molecule has 0 bridgehead atoms. The monoisotopic (exact) mass is 484 g/mol. The van der Waals surface area contributed by atoms with Gasteiger partial charge in [0.25, 0.3) is 0 Å². The molecule has 37 heavy (non-hydrogen) atoms. The highest BCUT2D eigenvalue weighted by atomic mass is 16.2. The first-order valence-corrected chi connectivity index (χ1v) is 12.3. The molecule has 1 atom stereocenters. The Labute approximate surface area is 216 Å². The Morgan fingerprint density at radius 1 is 0.622 bits per heavy atom. The Morgan fingerprint density at radius 3 is 1.59 bits per heavy atom. The molecule has 0 unspecified atom stereocenters. The van der Waals surface area contributed by atoms with Crippen molar-refractivity contribution in [1.82, 2.24) is 5.32 Å². The van der Waals surface area contributed by atoms with Gasteiger partial charge in [-0.2, -0.15) is 0 Å². The lowest BCUT2D eigenvalue weighted by Crippen LogP contribution is -2.54. The van der Waals surface area contributed by atoms with Crippen LogP contribution < -0.4 is 11.1 Å². The maximum atomic E-state index is 14.5. The molecule has 0 saturated carbocycles. The molecule has 182 valence electrons. The van der Waals surface area contributed by atoms with E-state index in [1.54, 1.807) is 0 Å². The van der Waals surface area contributed by atoms with Gasteiger partial charge >= 0.3 is 0 Å². The summed E-state index contributed by atoms with van der Waals surface area (Å²) in [6, 6.07) is 42.1. The number of amides is 2. The van der Waals surface area contributed by atoms with Crippen LogP contribution in [0.3, 0.4) is 0 Å². The summed E-state index contributed by atoms with van der Waals surface area (Å²) in [7, 11) is 0. The van der Waals surface area contributed by atoms with Crippen LogP contribution in [0.4, 0.5) is 0 Å². The van der Waals surface area contributed by atoms with E-state index >= 15 is 0 Å². The standard InChI is InChI=1S/C33H28N2O2/c34-31(36)30(23-25-15-12-14-24-13-10-11-22-29(24)25)35-32(37)33(26-16-4-1-5-17-26,27-18-6-2-7-19-27)28-20-8-3-9-21-28/h1-22,30H,23H2,(H2,34,36)(H,35,37)/t30-/m1/s1. The molecule has 4 heteroatoms. The Balaban J connectivity index is 1.62. The summed E-state index contributed by atoms with van der Waals surface area (Å²) in [4.78, 5) is 27.2. The largest absolute Gasteiger partial charge is 0.368 e. The summed E-state index contributed by atoms with van der Waals surface area (Å²) in [6.45, 7) is 0. The third kappa shape index (κ3) is 4.62. The lowest BCUT2D eigenvalue weighted by molar-refractivity contribution is -0.129. The second-order valence-electron chi connectivity index (χ2n) is 9.12. The molecule has 0 aliphatic heterocycles. The van der Waals surface area contributed by atoms with Gasteiger partial charge in [-0.05, 0) is 33.0 Å². The smallest absolute Gasteiger partial charge is 0.240 e. The zero-order valence-electron chi connectivity index (χ0n) is 20.4. The number of nitrogens with two attached hydrogens (primary N) is 1. The second-order valence-corrected chi connectivity index (χ2v) is 9.12. The number of benzene rings is 5. The van der Waals surface area contributed by atoms with Gasteiger partial charge in [-0.25, -0.2) is 0 Å². The topological polar surface area (TPSA) is 72.2 Å². The summed E-state index contributed by atoms with van der Waals surface area (Å²) in [5.41, 5.74) is 8.06. The van der Waals surface area contributed by atoms with Crippen molar-refractivity contribution in [3.63, 3.8) is 0 Å². The minimum atomic E-state index is -1.18. The number of carbonyl (C=O) groups is 2. The van der Waals surface area contributed by atoms with E-state index < -0.39 is 17.4 Å². The quantitative estimate of drug-likeness (QED) is 0.290. The van der Waals surface area contributed by atoms with Crippen molar-refractivity contribution in [3.8, 4) is 0 Å². The molecule has 5 aromatic rings. The van der Waals surface area contributed by atoms with Crippen LogP contribution in [0, 0.1) is 0 Å². The predicted octanol–water partition coefficient (Wildman–Crippen LogP) is 5.39. The molecule has 0 fully saturated rings. The van der Waals surface area contributed by atoms with Crippen molar-refractivity contribution in [1.29, 1.82) is 0 Å². The molecule has 0 aliphatic carbocycles. The minimum absolute atomic E-state index is 0.289. The van der Waals surface area contributed by atoms with Gasteiger partial charge < -0.3 is 11.1 Å². The van der Waals surface area contributed by atoms with Gasteiger partial charge in [-0.3, -0.25) is 9.59 Å². The van der Waals surface area contributed by atoms with Crippen LogP contribution in [0.5, 0.6) is 0 Å². The van der Waals surface area contributed by atoms with Gasteiger partial charge in [-0.15, -0.1) is 0 Å². The fourth-order valence-corrected chi connectivity index (χ4v) is 5.14. The van der Waals surface area contributed by atoms with Crippen LogP contribution in [-0.2, 0) is 21.4 Å². The average Bonchev–Trinajstić information content (AvgIpc) is 2.95. The maximum absolute atomic E-state index is 14.5. The fourth-order valence-electron chi connectivity index (χ4n) is 5.14. The van der Waals surface area contributed by atoms with Gasteiger partial charge in [0.2, 0.25) is 11.8 Å². The van der Waals surface area contributed by atoms with Crippen LogP contribution in [0.15, 0.2) is 133 Å². The summed E-state index contributed by atoms with van der Waals surface area (Å²) >= 11 is 0. The number of fused-ring (bicyclic) bond motifs is 1. The van der Waals surface area contributed by atoms with Gasteiger partial charge in [0, 0.05) is 6.42 Å². The first-order valence-electron chi connectivity index (χ1n) is 12.3. The van der Waals surface area contributed by atoms with E-state index in [0.29, 0.717) is 0 Å². The van der Waals surface area contributed by atoms with E-state index in [1.165, 1.54) is 0 Å². The van der Waals surface area contributed by atoms with E-state index in [2.05, 4.69) is 5.32 Å². The normalized spacial score (nSPS) is 12.1. The number of primary amides is 1. The number of carbonyl (C=O) groups excluding carboxylic acids is 2. The lowest BCUT2D eigenvalue weighted by atomic mass is 9.68. The highest BCUT2D eigenvalue weighted by molar-refractivity contribution is 5.99. The minimum Gasteiger partial charge on any atom is -0.368 e. The Morgan fingerprint density at radius 2 is 1.08 bits per heavy atom. The van der Waals surface area contributed by atoms with Gasteiger partial charge in [0.15, 0.2) is 0 Å². The number of nitrogens with one attached hydrogen (secondary N) is 1. The van der Waals surface area contributed by atoms with Crippen molar-refractivity contribution in [2.75, 3.05) is 0 Å². The van der Waals surface area contributed by atoms with Crippen LogP contribution in [0.2, 0.25) is 0 Å². The van der Waals surface area contributed by atoms with Gasteiger partial charge in [-0.1, -0.05) is 133 Å². The molecule has 5 rings (SSSR count). The second kappa shape index (κ2) is 10.5.